The number of carboxylic acid groups (broad SMARTS) is 1. The average Bonchev–Trinajstić information content (AvgIpc) is 2.47. The van der Waals surface area contributed by atoms with E-state index in [2.05, 4.69) is 4.74 Å². The van der Waals surface area contributed by atoms with Crippen molar-refractivity contribution in [3.05, 3.63) is 35.9 Å². The normalized spacial score (nSPS) is 13.6. The predicted molar refractivity (Wildman–Crippen MR) is 79.7 cm³/mol. The van der Waals surface area contributed by atoms with Crippen molar-refractivity contribution < 1.29 is 24.1 Å². The maximum absolute atomic E-state index is 10.5. The first-order valence-electron chi connectivity index (χ1n) is 7.15. The van der Waals surface area contributed by atoms with E-state index in [9.17, 15) is 4.79 Å². The molecule has 0 saturated heterocycles. The fourth-order valence-electron chi connectivity index (χ4n) is 2.06. The summed E-state index contributed by atoms with van der Waals surface area (Å²) in [7, 11) is 0. The largest absolute Gasteiger partial charge is 0.505 e. The van der Waals surface area contributed by atoms with Gasteiger partial charge >= 0.3 is 6.16 Å². The molecule has 0 radical (unpaired) electrons. The zero-order chi connectivity index (χ0) is 15.6. The summed E-state index contributed by atoms with van der Waals surface area (Å²) in [6.45, 7) is 6.39. The summed E-state index contributed by atoms with van der Waals surface area (Å²) in [5, 5.41) is 8.58. The number of benzene rings is 1. The Morgan fingerprint density at radius 2 is 1.81 bits per heavy atom. The SMILES string of the molecule is CCOCCOCC(C)(CCOC(=O)O)c1ccccc1. The first-order chi connectivity index (χ1) is 10.1. The molecule has 0 amide bonds. The summed E-state index contributed by atoms with van der Waals surface area (Å²) in [6, 6.07) is 9.92. The van der Waals surface area contributed by atoms with Crippen molar-refractivity contribution in [2.45, 2.75) is 25.7 Å². The van der Waals surface area contributed by atoms with Crippen LogP contribution >= 0.6 is 0 Å². The van der Waals surface area contributed by atoms with Gasteiger partial charge in [-0.3, -0.25) is 0 Å². The molecule has 1 atom stereocenters. The van der Waals surface area contributed by atoms with E-state index < -0.39 is 6.16 Å². The third kappa shape index (κ3) is 6.60. The minimum absolute atomic E-state index is 0.148. The quantitative estimate of drug-likeness (QED) is 0.531. The third-order valence-electron chi connectivity index (χ3n) is 3.35. The summed E-state index contributed by atoms with van der Waals surface area (Å²) in [6.07, 6.45) is -0.680. The maximum Gasteiger partial charge on any atom is 0.505 e. The van der Waals surface area contributed by atoms with Gasteiger partial charge in [-0.05, 0) is 18.9 Å². The van der Waals surface area contributed by atoms with Crippen molar-refractivity contribution >= 4 is 6.16 Å². The molecule has 0 bridgehead atoms. The highest BCUT2D eigenvalue weighted by molar-refractivity contribution is 5.56. The zero-order valence-electron chi connectivity index (χ0n) is 12.7. The molecule has 0 heterocycles. The highest BCUT2D eigenvalue weighted by atomic mass is 16.7. The van der Waals surface area contributed by atoms with Crippen molar-refractivity contribution in [3.63, 3.8) is 0 Å². The molecule has 0 fully saturated rings. The van der Waals surface area contributed by atoms with Crippen LogP contribution in [0.5, 0.6) is 0 Å². The summed E-state index contributed by atoms with van der Waals surface area (Å²) < 4.78 is 15.6. The van der Waals surface area contributed by atoms with E-state index in [0.717, 1.165) is 5.56 Å². The maximum atomic E-state index is 10.5. The Hall–Kier alpha value is -1.59. The molecule has 5 heteroatoms. The Labute approximate surface area is 125 Å². The van der Waals surface area contributed by atoms with Crippen LogP contribution in [0.2, 0.25) is 0 Å². The smallest absolute Gasteiger partial charge is 0.450 e. The molecular formula is C16H24O5. The fourth-order valence-corrected chi connectivity index (χ4v) is 2.06. The van der Waals surface area contributed by atoms with Crippen molar-refractivity contribution in [1.82, 2.24) is 0 Å². The van der Waals surface area contributed by atoms with Gasteiger partial charge < -0.3 is 19.3 Å². The topological polar surface area (TPSA) is 65.0 Å². The lowest BCUT2D eigenvalue weighted by Gasteiger charge is -2.29. The minimum Gasteiger partial charge on any atom is -0.450 e. The molecule has 0 aromatic heterocycles. The van der Waals surface area contributed by atoms with Crippen LogP contribution in [0.15, 0.2) is 30.3 Å². The highest BCUT2D eigenvalue weighted by Crippen LogP contribution is 2.28. The van der Waals surface area contributed by atoms with Gasteiger partial charge in [-0.15, -0.1) is 0 Å². The van der Waals surface area contributed by atoms with Crippen LogP contribution in [0, 0.1) is 0 Å². The molecular weight excluding hydrogens is 272 g/mol. The van der Waals surface area contributed by atoms with Crippen molar-refractivity contribution in [1.29, 1.82) is 0 Å². The lowest BCUT2D eigenvalue weighted by atomic mass is 9.80. The van der Waals surface area contributed by atoms with Crippen LogP contribution < -0.4 is 0 Å². The Balaban J connectivity index is 2.58. The summed E-state index contributed by atoms with van der Waals surface area (Å²) in [5.41, 5.74) is 0.818. The summed E-state index contributed by atoms with van der Waals surface area (Å²) >= 11 is 0. The highest BCUT2D eigenvalue weighted by Gasteiger charge is 2.27. The number of ether oxygens (including phenoxy) is 3. The molecule has 0 aliphatic heterocycles. The number of hydrogen-bond donors (Lipinski definition) is 1. The molecule has 1 aromatic rings. The van der Waals surface area contributed by atoms with Gasteiger partial charge in [-0.2, -0.15) is 0 Å². The lowest BCUT2D eigenvalue weighted by Crippen LogP contribution is -2.31. The summed E-state index contributed by atoms with van der Waals surface area (Å²) in [5.74, 6) is 0. The van der Waals surface area contributed by atoms with Gasteiger partial charge in [-0.25, -0.2) is 4.79 Å². The van der Waals surface area contributed by atoms with E-state index in [1.54, 1.807) is 0 Å². The Morgan fingerprint density at radius 1 is 1.14 bits per heavy atom. The van der Waals surface area contributed by atoms with Gasteiger partial charge in [0, 0.05) is 12.0 Å². The lowest BCUT2D eigenvalue weighted by molar-refractivity contribution is 0.0233. The molecule has 1 N–H and O–H groups in total. The predicted octanol–water partition coefficient (Wildman–Crippen LogP) is 3.08. The van der Waals surface area contributed by atoms with E-state index in [1.165, 1.54) is 0 Å². The van der Waals surface area contributed by atoms with Gasteiger partial charge in [0.25, 0.3) is 0 Å². The van der Waals surface area contributed by atoms with E-state index in [1.807, 2.05) is 44.2 Å². The van der Waals surface area contributed by atoms with Gasteiger partial charge in [-0.1, -0.05) is 37.3 Å². The fraction of sp³-hybridized carbons (Fsp3) is 0.562. The minimum atomic E-state index is -1.25. The van der Waals surface area contributed by atoms with Crippen LogP contribution in [0.1, 0.15) is 25.8 Å². The van der Waals surface area contributed by atoms with E-state index in [4.69, 9.17) is 14.6 Å². The summed E-state index contributed by atoms with van der Waals surface area (Å²) in [4.78, 5) is 10.5. The van der Waals surface area contributed by atoms with Crippen LogP contribution in [0.4, 0.5) is 4.79 Å². The van der Waals surface area contributed by atoms with Crippen molar-refractivity contribution in [2.24, 2.45) is 0 Å². The second-order valence-electron chi connectivity index (χ2n) is 5.04. The molecule has 118 valence electrons. The van der Waals surface area contributed by atoms with E-state index in [-0.39, 0.29) is 12.0 Å². The standard InChI is InChI=1S/C16H24O5/c1-3-19-11-12-20-13-16(2,9-10-21-15(17)18)14-7-5-4-6-8-14/h4-8H,3,9-13H2,1-2H3,(H,17,18). The number of carbonyl (C=O) groups is 1. The van der Waals surface area contributed by atoms with Crippen molar-refractivity contribution in [2.75, 3.05) is 33.0 Å². The first kappa shape index (κ1) is 17.5. The van der Waals surface area contributed by atoms with Gasteiger partial charge in [0.15, 0.2) is 0 Å². The van der Waals surface area contributed by atoms with Crippen LogP contribution in [-0.2, 0) is 19.6 Å². The molecule has 21 heavy (non-hydrogen) atoms. The van der Waals surface area contributed by atoms with E-state index >= 15 is 0 Å². The van der Waals surface area contributed by atoms with Crippen molar-refractivity contribution in [3.8, 4) is 0 Å². The van der Waals surface area contributed by atoms with Crippen LogP contribution in [0.3, 0.4) is 0 Å². The third-order valence-corrected chi connectivity index (χ3v) is 3.35. The number of hydrogen-bond acceptors (Lipinski definition) is 4. The molecule has 1 aromatic carbocycles. The number of rotatable bonds is 10. The zero-order valence-corrected chi connectivity index (χ0v) is 12.7. The molecule has 1 rings (SSSR count). The second kappa shape index (κ2) is 9.37. The Bertz CT molecular complexity index is 406. The van der Waals surface area contributed by atoms with Gasteiger partial charge in [0.1, 0.15) is 0 Å². The molecule has 5 nitrogen and oxygen atoms in total. The monoisotopic (exact) mass is 296 g/mol. The molecule has 1 unspecified atom stereocenters. The first-order valence-corrected chi connectivity index (χ1v) is 7.15. The molecule has 0 aliphatic carbocycles. The van der Waals surface area contributed by atoms with Gasteiger partial charge in [0.2, 0.25) is 0 Å². The van der Waals surface area contributed by atoms with Crippen LogP contribution in [-0.4, -0.2) is 44.3 Å². The second-order valence-corrected chi connectivity index (χ2v) is 5.04. The Morgan fingerprint density at radius 3 is 2.43 bits per heavy atom. The average molecular weight is 296 g/mol. The Kier molecular flexibility index (Phi) is 7.79. The molecule has 0 spiro atoms. The van der Waals surface area contributed by atoms with Gasteiger partial charge in [0.05, 0.1) is 26.4 Å². The molecule has 0 aliphatic rings. The van der Waals surface area contributed by atoms with Crippen LogP contribution in [0.25, 0.3) is 0 Å². The molecule has 0 saturated carbocycles. The van der Waals surface area contributed by atoms with E-state index in [0.29, 0.717) is 32.8 Å².